The molecule has 0 aliphatic heterocycles. The molecule has 1 amide bonds. The Morgan fingerprint density at radius 2 is 2.05 bits per heavy atom. The van der Waals surface area contributed by atoms with Gasteiger partial charge in [-0.1, -0.05) is 5.16 Å². The van der Waals surface area contributed by atoms with E-state index in [1.165, 1.54) is 0 Å². The van der Waals surface area contributed by atoms with E-state index in [4.69, 9.17) is 0 Å². The van der Waals surface area contributed by atoms with E-state index in [-0.39, 0.29) is 0 Å². The number of nitrogens with zero attached hydrogens (tertiary/aromatic N) is 1. The van der Waals surface area contributed by atoms with Crippen molar-refractivity contribution in [2.45, 2.75) is 13.1 Å². The van der Waals surface area contributed by atoms with Crippen LogP contribution >= 0.6 is 0 Å². The fourth-order valence-electron chi connectivity index (χ4n) is 1.58. The third-order valence-corrected chi connectivity index (χ3v) is 2.62. The zero-order chi connectivity index (χ0) is 15.8. The van der Waals surface area contributed by atoms with Crippen LogP contribution in [-0.4, -0.2) is 16.2 Å². The van der Waals surface area contributed by atoms with Gasteiger partial charge in [-0.25, -0.2) is 4.39 Å². The summed E-state index contributed by atoms with van der Waals surface area (Å²) in [6.45, 7) is 1.06. The molecule has 0 unspecified atom stereocenters. The third-order valence-electron chi connectivity index (χ3n) is 2.62. The van der Waals surface area contributed by atoms with Crippen LogP contribution in [0.15, 0.2) is 22.7 Å². The lowest BCUT2D eigenvalue weighted by atomic mass is 10.1. The van der Waals surface area contributed by atoms with Crippen LogP contribution in [-0.2, 0) is 6.18 Å². The van der Waals surface area contributed by atoms with Crippen LogP contribution in [0.4, 0.5) is 23.4 Å². The molecule has 0 bridgehead atoms. The summed E-state index contributed by atoms with van der Waals surface area (Å²) in [5.41, 5.74) is -2.15. The second-order valence-electron chi connectivity index (χ2n) is 4.10. The molecule has 2 N–H and O–H groups in total. The maximum atomic E-state index is 13.0. The number of hydrogen-bond donors (Lipinski definition) is 2. The highest BCUT2D eigenvalue weighted by Gasteiger charge is 2.38. The number of rotatable bonds is 2. The van der Waals surface area contributed by atoms with Crippen LogP contribution in [0.5, 0.6) is 5.75 Å². The number of benzene rings is 1. The molecule has 2 rings (SSSR count). The third kappa shape index (κ3) is 2.96. The SMILES string of the molecule is Cc1c(C(F)(F)F)noc1NC(=O)c1cc(F)ccc1O. The summed E-state index contributed by atoms with van der Waals surface area (Å²) in [4.78, 5) is 11.8. The molecule has 0 saturated carbocycles. The minimum atomic E-state index is -4.72. The summed E-state index contributed by atoms with van der Waals surface area (Å²) in [7, 11) is 0. The monoisotopic (exact) mass is 304 g/mol. The highest BCUT2D eigenvalue weighted by atomic mass is 19.4. The number of hydrogen-bond acceptors (Lipinski definition) is 4. The van der Waals surface area contributed by atoms with Crippen molar-refractivity contribution in [2.75, 3.05) is 5.32 Å². The Bertz CT molecular complexity index is 694. The number of carbonyl (C=O) groups excluding carboxylic acids is 1. The van der Waals surface area contributed by atoms with Gasteiger partial charge in [-0.3, -0.25) is 10.1 Å². The van der Waals surface area contributed by atoms with Crippen LogP contribution in [0, 0.1) is 12.7 Å². The second-order valence-corrected chi connectivity index (χ2v) is 4.10. The van der Waals surface area contributed by atoms with Crippen molar-refractivity contribution in [1.82, 2.24) is 5.16 Å². The Hall–Kier alpha value is -2.58. The number of carbonyl (C=O) groups is 1. The minimum absolute atomic E-state index is 0.424. The second kappa shape index (κ2) is 5.08. The lowest BCUT2D eigenvalue weighted by molar-refractivity contribution is -0.143. The van der Waals surface area contributed by atoms with E-state index in [1.807, 2.05) is 5.32 Å². The van der Waals surface area contributed by atoms with Gasteiger partial charge in [0.15, 0.2) is 5.69 Å². The Balaban J connectivity index is 2.29. The Labute approximate surface area is 115 Å². The number of halogens is 4. The first-order chi connectivity index (χ1) is 9.70. The number of aromatic hydroxyl groups is 1. The molecule has 112 valence electrons. The normalized spacial score (nSPS) is 11.5. The summed E-state index contributed by atoms with van der Waals surface area (Å²) in [6.07, 6.45) is -4.72. The minimum Gasteiger partial charge on any atom is -0.507 e. The van der Waals surface area contributed by atoms with Crippen LogP contribution in [0.25, 0.3) is 0 Å². The van der Waals surface area contributed by atoms with E-state index in [2.05, 4.69) is 9.68 Å². The van der Waals surface area contributed by atoms with Gasteiger partial charge in [0.2, 0.25) is 5.88 Å². The molecule has 1 aromatic heterocycles. The number of phenols is 1. The first-order valence-corrected chi connectivity index (χ1v) is 5.53. The highest BCUT2D eigenvalue weighted by molar-refractivity contribution is 6.05. The molecule has 2 aromatic rings. The van der Waals surface area contributed by atoms with E-state index in [0.29, 0.717) is 0 Å². The molecular formula is C12H8F4N2O3. The van der Waals surface area contributed by atoms with E-state index < -0.39 is 46.4 Å². The van der Waals surface area contributed by atoms with E-state index in [1.54, 1.807) is 0 Å². The average Bonchev–Trinajstić information content (AvgIpc) is 2.73. The number of nitrogens with one attached hydrogen (secondary N) is 1. The molecule has 0 saturated heterocycles. The molecular weight excluding hydrogens is 296 g/mol. The van der Waals surface area contributed by atoms with Gasteiger partial charge in [0, 0.05) is 5.56 Å². The maximum absolute atomic E-state index is 13.0. The molecule has 1 heterocycles. The van der Waals surface area contributed by atoms with Crippen molar-refractivity contribution < 1.29 is 32.0 Å². The van der Waals surface area contributed by atoms with Crippen molar-refractivity contribution in [3.8, 4) is 5.75 Å². The highest BCUT2D eigenvalue weighted by Crippen LogP contribution is 2.34. The largest absolute Gasteiger partial charge is 0.507 e. The predicted molar refractivity (Wildman–Crippen MR) is 62.3 cm³/mol. The smallest absolute Gasteiger partial charge is 0.437 e. The van der Waals surface area contributed by atoms with Crippen molar-refractivity contribution in [1.29, 1.82) is 0 Å². The zero-order valence-electron chi connectivity index (χ0n) is 10.5. The Morgan fingerprint density at radius 3 is 2.62 bits per heavy atom. The Kier molecular flexibility index (Phi) is 3.58. The molecule has 0 spiro atoms. The van der Waals surface area contributed by atoms with E-state index >= 15 is 0 Å². The quantitative estimate of drug-likeness (QED) is 0.836. The van der Waals surface area contributed by atoms with Crippen molar-refractivity contribution in [3.05, 3.63) is 40.8 Å². The van der Waals surface area contributed by atoms with Gasteiger partial charge in [0.05, 0.1) is 5.56 Å². The average molecular weight is 304 g/mol. The van der Waals surface area contributed by atoms with Gasteiger partial charge in [-0.05, 0) is 25.1 Å². The van der Waals surface area contributed by atoms with E-state index in [9.17, 15) is 27.5 Å². The number of amides is 1. The maximum Gasteiger partial charge on any atom is 0.437 e. The molecule has 5 nitrogen and oxygen atoms in total. The summed E-state index contributed by atoms with van der Waals surface area (Å²) in [6, 6.07) is 2.60. The van der Waals surface area contributed by atoms with Gasteiger partial charge >= 0.3 is 6.18 Å². The van der Waals surface area contributed by atoms with Crippen molar-refractivity contribution >= 4 is 11.8 Å². The summed E-state index contributed by atoms with van der Waals surface area (Å²) in [5, 5.41) is 14.2. The van der Waals surface area contributed by atoms with Crippen LogP contribution < -0.4 is 5.32 Å². The summed E-state index contributed by atoms with van der Waals surface area (Å²) in [5.74, 6) is -2.87. The number of aromatic nitrogens is 1. The topological polar surface area (TPSA) is 75.4 Å². The molecule has 0 atom stereocenters. The summed E-state index contributed by atoms with van der Waals surface area (Å²) < 4.78 is 55.0. The molecule has 1 aromatic carbocycles. The standard InChI is InChI=1S/C12H8F4N2O3/c1-5-9(12(14,15)16)18-21-11(5)17-10(20)7-4-6(13)2-3-8(7)19/h2-4,19H,1H3,(H,17,20). The van der Waals surface area contributed by atoms with Crippen molar-refractivity contribution in [2.24, 2.45) is 0 Å². The number of phenolic OH excluding ortho intramolecular Hbond substituents is 1. The first kappa shape index (κ1) is 14.8. The fourth-order valence-corrected chi connectivity index (χ4v) is 1.58. The van der Waals surface area contributed by atoms with Crippen LogP contribution in [0.2, 0.25) is 0 Å². The van der Waals surface area contributed by atoms with Gasteiger partial charge in [-0.2, -0.15) is 13.2 Å². The van der Waals surface area contributed by atoms with Gasteiger partial charge in [0.25, 0.3) is 5.91 Å². The fraction of sp³-hybridized carbons (Fsp3) is 0.167. The molecule has 21 heavy (non-hydrogen) atoms. The van der Waals surface area contributed by atoms with Gasteiger partial charge in [-0.15, -0.1) is 0 Å². The number of alkyl halides is 3. The number of anilines is 1. The molecule has 0 fully saturated rings. The summed E-state index contributed by atoms with van der Waals surface area (Å²) >= 11 is 0. The predicted octanol–water partition coefficient (Wildman–Crippen LogP) is 3.10. The first-order valence-electron chi connectivity index (χ1n) is 5.53. The van der Waals surface area contributed by atoms with Crippen LogP contribution in [0.3, 0.4) is 0 Å². The van der Waals surface area contributed by atoms with Gasteiger partial charge < -0.3 is 9.63 Å². The molecule has 0 aliphatic carbocycles. The van der Waals surface area contributed by atoms with E-state index in [0.717, 1.165) is 25.1 Å². The molecule has 9 heteroatoms. The molecule has 0 aliphatic rings. The zero-order valence-corrected chi connectivity index (χ0v) is 10.5. The Morgan fingerprint density at radius 1 is 1.38 bits per heavy atom. The van der Waals surface area contributed by atoms with Crippen LogP contribution in [0.1, 0.15) is 21.6 Å². The van der Waals surface area contributed by atoms with Gasteiger partial charge in [0.1, 0.15) is 11.6 Å². The van der Waals surface area contributed by atoms with Crippen molar-refractivity contribution in [3.63, 3.8) is 0 Å². The molecule has 0 radical (unpaired) electrons. The lowest BCUT2D eigenvalue weighted by Gasteiger charge is -2.05. The lowest BCUT2D eigenvalue weighted by Crippen LogP contribution is -2.13.